The number of nitrogens with zero attached hydrogens (tertiary/aromatic N) is 1. The number of nitrogens with two attached hydrogens (primary N) is 1. The van der Waals surface area contributed by atoms with Crippen LogP contribution in [0.3, 0.4) is 0 Å². The number of pyridine rings is 1. The highest BCUT2D eigenvalue weighted by atomic mass is 19.3. The summed E-state index contributed by atoms with van der Waals surface area (Å²) in [5, 5.41) is 5.23. The van der Waals surface area contributed by atoms with E-state index in [2.05, 4.69) is 15.6 Å². The van der Waals surface area contributed by atoms with Crippen LogP contribution in [0.5, 0.6) is 5.88 Å². The summed E-state index contributed by atoms with van der Waals surface area (Å²) in [5.41, 5.74) is 7.52. The third-order valence-corrected chi connectivity index (χ3v) is 3.59. The number of nitrogens with one attached hydrogen (secondary N) is 2. The molecular weight excluding hydrogens is 370 g/mol. The van der Waals surface area contributed by atoms with Gasteiger partial charge in [-0.2, -0.15) is 0 Å². The van der Waals surface area contributed by atoms with E-state index in [-0.39, 0.29) is 36.5 Å². The zero-order chi connectivity index (χ0) is 21.1. The van der Waals surface area contributed by atoms with Gasteiger partial charge in [0.05, 0.1) is 0 Å². The summed E-state index contributed by atoms with van der Waals surface area (Å²) in [7, 11) is 0. The predicted molar refractivity (Wildman–Crippen MR) is 101 cm³/mol. The SMILES string of the molecule is CC/C=C(\C=C(/N)NC(=O)CC)C(=O)NCc1cnc(OCC(F)F)cc1C. The van der Waals surface area contributed by atoms with Crippen molar-refractivity contribution in [2.45, 2.75) is 46.6 Å². The summed E-state index contributed by atoms with van der Waals surface area (Å²) in [5.74, 6) is -0.435. The van der Waals surface area contributed by atoms with Crippen molar-refractivity contribution in [1.82, 2.24) is 15.6 Å². The third kappa shape index (κ3) is 8.15. The molecule has 0 fully saturated rings. The molecule has 0 aliphatic rings. The number of carbonyl (C=O) groups excluding carboxylic acids is 2. The van der Waals surface area contributed by atoms with Gasteiger partial charge in [-0.3, -0.25) is 9.59 Å². The molecule has 0 atom stereocenters. The zero-order valence-corrected chi connectivity index (χ0v) is 16.2. The van der Waals surface area contributed by atoms with Crippen molar-refractivity contribution >= 4 is 11.8 Å². The first-order chi connectivity index (χ1) is 13.3. The standard InChI is InChI=1S/C19H26F2N4O3/c1-4-6-13(8-16(22)25-17(26)5-2)19(27)24-10-14-9-23-18(7-12(14)3)28-11-15(20)21/h6-9,15H,4-5,10-11,22H2,1-3H3,(H,24,27)(H,25,26)/b13-6+,16-8+. The number of ether oxygens (including phenoxy) is 1. The number of alkyl halides is 2. The molecule has 0 radical (unpaired) electrons. The van der Waals surface area contributed by atoms with E-state index in [1.165, 1.54) is 18.3 Å². The number of amides is 2. The van der Waals surface area contributed by atoms with Crippen LogP contribution < -0.4 is 21.1 Å². The predicted octanol–water partition coefficient (Wildman–Crippen LogP) is 2.31. The van der Waals surface area contributed by atoms with E-state index in [0.29, 0.717) is 17.6 Å². The Morgan fingerprint density at radius 1 is 1.36 bits per heavy atom. The van der Waals surface area contributed by atoms with Crippen molar-refractivity contribution in [3.63, 3.8) is 0 Å². The molecule has 9 heteroatoms. The first-order valence-corrected chi connectivity index (χ1v) is 8.88. The first-order valence-electron chi connectivity index (χ1n) is 8.88. The van der Waals surface area contributed by atoms with Gasteiger partial charge in [-0.25, -0.2) is 13.8 Å². The van der Waals surface area contributed by atoms with Crippen LogP contribution in [-0.2, 0) is 16.1 Å². The molecule has 0 unspecified atom stereocenters. The van der Waals surface area contributed by atoms with Gasteiger partial charge in [0.2, 0.25) is 11.8 Å². The summed E-state index contributed by atoms with van der Waals surface area (Å²) < 4.78 is 29.2. The Balaban J connectivity index is 2.76. The van der Waals surface area contributed by atoms with E-state index in [0.717, 1.165) is 5.56 Å². The van der Waals surface area contributed by atoms with Crippen molar-refractivity contribution in [3.8, 4) is 5.88 Å². The van der Waals surface area contributed by atoms with Crippen LogP contribution in [0.1, 0.15) is 37.8 Å². The molecule has 154 valence electrons. The molecule has 2 amide bonds. The number of hydrogen-bond donors (Lipinski definition) is 3. The normalized spacial score (nSPS) is 12.1. The van der Waals surface area contributed by atoms with Gasteiger partial charge in [-0.15, -0.1) is 0 Å². The van der Waals surface area contributed by atoms with Gasteiger partial charge in [0.15, 0.2) is 6.61 Å². The largest absolute Gasteiger partial charge is 0.472 e. The second-order valence-corrected chi connectivity index (χ2v) is 5.90. The van der Waals surface area contributed by atoms with Crippen molar-refractivity contribution in [1.29, 1.82) is 0 Å². The Hall–Kier alpha value is -2.97. The molecule has 1 aromatic rings. The molecule has 1 heterocycles. The van der Waals surface area contributed by atoms with Crippen LogP contribution >= 0.6 is 0 Å². The average molecular weight is 396 g/mol. The fraction of sp³-hybridized carbons (Fsp3) is 0.421. The fourth-order valence-electron chi connectivity index (χ4n) is 2.14. The first kappa shape index (κ1) is 23.1. The van der Waals surface area contributed by atoms with Crippen molar-refractivity contribution < 1.29 is 23.1 Å². The Morgan fingerprint density at radius 3 is 2.64 bits per heavy atom. The number of aromatic nitrogens is 1. The van der Waals surface area contributed by atoms with Crippen LogP contribution in [0, 0.1) is 6.92 Å². The maximum Gasteiger partial charge on any atom is 0.272 e. The molecular formula is C19H26F2N4O3. The highest BCUT2D eigenvalue weighted by Gasteiger charge is 2.11. The van der Waals surface area contributed by atoms with Crippen LogP contribution in [0.4, 0.5) is 8.78 Å². The summed E-state index contributed by atoms with van der Waals surface area (Å²) in [6.45, 7) is 4.78. The van der Waals surface area contributed by atoms with Crippen LogP contribution in [-0.4, -0.2) is 29.8 Å². The van der Waals surface area contributed by atoms with Gasteiger partial charge >= 0.3 is 0 Å². The number of hydrogen-bond acceptors (Lipinski definition) is 5. The number of allylic oxidation sites excluding steroid dienone is 1. The lowest BCUT2D eigenvalue weighted by Crippen LogP contribution is -2.29. The lowest BCUT2D eigenvalue weighted by molar-refractivity contribution is -0.120. The Morgan fingerprint density at radius 2 is 2.07 bits per heavy atom. The molecule has 1 rings (SSSR count). The van der Waals surface area contributed by atoms with Crippen LogP contribution in [0.25, 0.3) is 0 Å². The molecule has 0 aliphatic heterocycles. The minimum atomic E-state index is -2.58. The van der Waals surface area contributed by atoms with Gasteiger partial charge in [-0.1, -0.05) is 19.9 Å². The van der Waals surface area contributed by atoms with Gasteiger partial charge in [-0.05, 0) is 30.5 Å². The molecule has 0 saturated carbocycles. The highest BCUT2D eigenvalue weighted by molar-refractivity contribution is 5.96. The summed E-state index contributed by atoms with van der Waals surface area (Å²) in [4.78, 5) is 27.8. The van der Waals surface area contributed by atoms with Gasteiger partial charge < -0.3 is 21.1 Å². The van der Waals surface area contributed by atoms with Gasteiger partial charge in [0, 0.05) is 30.8 Å². The number of carbonyl (C=O) groups is 2. The minimum absolute atomic E-state index is 0.0834. The van der Waals surface area contributed by atoms with E-state index < -0.39 is 13.0 Å². The Kier molecular flexibility index (Phi) is 9.63. The number of halogens is 2. The van der Waals surface area contributed by atoms with E-state index in [4.69, 9.17) is 10.5 Å². The lowest BCUT2D eigenvalue weighted by atomic mass is 10.1. The van der Waals surface area contributed by atoms with Gasteiger partial charge in [0.1, 0.15) is 5.82 Å². The molecule has 0 aliphatic carbocycles. The second-order valence-electron chi connectivity index (χ2n) is 5.90. The van der Waals surface area contributed by atoms with Gasteiger partial charge in [0.25, 0.3) is 12.3 Å². The van der Waals surface area contributed by atoms with E-state index in [1.807, 2.05) is 6.92 Å². The number of aryl methyl sites for hydroxylation is 1. The monoisotopic (exact) mass is 396 g/mol. The van der Waals surface area contributed by atoms with Crippen LogP contribution in [0.15, 0.2) is 35.8 Å². The minimum Gasteiger partial charge on any atom is -0.472 e. The quantitative estimate of drug-likeness (QED) is 0.416. The van der Waals surface area contributed by atoms with Crippen LogP contribution in [0.2, 0.25) is 0 Å². The molecule has 1 aromatic heterocycles. The number of rotatable bonds is 10. The zero-order valence-electron chi connectivity index (χ0n) is 16.2. The third-order valence-electron chi connectivity index (χ3n) is 3.59. The smallest absolute Gasteiger partial charge is 0.272 e. The summed E-state index contributed by atoms with van der Waals surface area (Å²) >= 11 is 0. The molecule has 0 saturated heterocycles. The molecule has 28 heavy (non-hydrogen) atoms. The highest BCUT2D eigenvalue weighted by Crippen LogP contribution is 2.14. The van der Waals surface area contributed by atoms with E-state index >= 15 is 0 Å². The molecule has 0 aromatic carbocycles. The van der Waals surface area contributed by atoms with Crippen molar-refractivity contribution in [3.05, 3.63) is 46.9 Å². The molecule has 0 bridgehead atoms. The Labute approximate surface area is 163 Å². The second kappa shape index (κ2) is 11.7. The van der Waals surface area contributed by atoms with Crippen molar-refractivity contribution in [2.75, 3.05) is 6.61 Å². The summed E-state index contributed by atoms with van der Waals surface area (Å²) in [6, 6.07) is 1.53. The maximum absolute atomic E-state index is 12.4. The Bertz CT molecular complexity index is 749. The molecule has 0 spiro atoms. The van der Waals surface area contributed by atoms with E-state index in [9.17, 15) is 18.4 Å². The maximum atomic E-state index is 12.4. The molecule has 4 N–H and O–H groups in total. The lowest BCUT2D eigenvalue weighted by Gasteiger charge is -2.11. The average Bonchev–Trinajstić information content (AvgIpc) is 2.64. The summed E-state index contributed by atoms with van der Waals surface area (Å²) in [6.07, 6.45) is 2.85. The van der Waals surface area contributed by atoms with E-state index in [1.54, 1.807) is 19.9 Å². The fourth-order valence-corrected chi connectivity index (χ4v) is 2.14. The molecule has 7 nitrogen and oxygen atoms in total. The topological polar surface area (TPSA) is 106 Å². The van der Waals surface area contributed by atoms with Crippen molar-refractivity contribution in [2.24, 2.45) is 5.73 Å².